The smallest absolute Gasteiger partial charge is 0.306 e. The highest BCUT2D eigenvalue weighted by atomic mass is 32.1. The standard InChI is InChI=1S/C37H56N4O6S/c1-24(26-17-19-27(20-18-26)32-25(2)38-23-48-32)39-34(45)29-21-28(42)22-41(29)35(46)33(36(3,4)5)40-30(43)15-13-11-9-10-12-14-16-31(44)47-37(6,7)8/h17-20,23-24,28-29,33,42H,9-16,21-22H2,1-8H3,(H,39,45)(H,40,43)/t24-,28+,29-,33+/m0/s1. The molecule has 3 amide bonds. The minimum atomic E-state index is -0.848. The fourth-order valence-corrected chi connectivity index (χ4v) is 6.71. The maximum absolute atomic E-state index is 13.9. The molecule has 1 aliphatic heterocycles. The lowest BCUT2D eigenvalue weighted by atomic mass is 9.85. The molecule has 0 radical (unpaired) electrons. The van der Waals surface area contributed by atoms with E-state index in [4.69, 9.17) is 4.74 Å². The van der Waals surface area contributed by atoms with Crippen molar-refractivity contribution in [3.63, 3.8) is 0 Å². The first-order valence-electron chi connectivity index (χ1n) is 17.3. The number of hydrogen-bond donors (Lipinski definition) is 3. The molecule has 11 heteroatoms. The van der Waals surface area contributed by atoms with Crippen LogP contribution in [0.25, 0.3) is 10.4 Å². The number of aliphatic hydroxyl groups excluding tert-OH is 1. The van der Waals surface area contributed by atoms with E-state index in [9.17, 15) is 24.3 Å². The second-order valence-corrected chi connectivity index (χ2v) is 15.9. The maximum atomic E-state index is 13.9. The van der Waals surface area contributed by atoms with Crippen molar-refractivity contribution in [3.05, 3.63) is 41.0 Å². The van der Waals surface area contributed by atoms with E-state index >= 15 is 0 Å². The van der Waals surface area contributed by atoms with Crippen LogP contribution in [-0.4, -0.2) is 69.0 Å². The van der Waals surface area contributed by atoms with Crippen LogP contribution < -0.4 is 10.6 Å². The van der Waals surface area contributed by atoms with Crippen molar-refractivity contribution in [2.75, 3.05) is 6.54 Å². The number of rotatable bonds is 15. The topological polar surface area (TPSA) is 138 Å². The predicted molar refractivity (Wildman–Crippen MR) is 189 cm³/mol. The number of aliphatic hydroxyl groups is 1. The van der Waals surface area contributed by atoms with Crippen molar-refractivity contribution in [1.82, 2.24) is 20.5 Å². The summed E-state index contributed by atoms with van der Waals surface area (Å²) in [5.41, 5.74) is 3.71. The summed E-state index contributed by atoms with van der Waals surface area (Å²) in [5.74, 6) is -1.08. The van der Waals surface area contributed by atoms with Gasteiger partial charge in [-0.05, 0) is 64.0 Å². The van der Waals surface area contributed by atoms with E-state index in [1.807, 2.05) is 85.2 Å². The molecule has 1 fully saturated rings. The second-order valence-electron chi connectivity index (χ2n) is 15.1. The number of β-amino-alcohol motifs (C(OH)–C–C–N with tert-alkyl or cyclic N) is 1. The van der Waals surface area contributed by atoms with E-state index in [1.165, 1.54) is 4.90 Å². The van der Waals surface area contributed by atoms with Crippen LogP contribution in [-0.2, 0) is 23.9 Å². The number of benzene rings is 1. The van der Waals surface area contributed by atoms with Crippen molar-refractivity contribution in [2.45, 2.75) is 143 Å². The summed E-state index contributed by atoms with van der Waals surface area (Å²) < 4.78 is 5.34. The fraction of sp³-hybridized carbons (Fsp3) is 0.649. The lowest BCUT2D eigenvalue weighted by Crippen LogP contribution is -2.57. The summed E-state index contributed by atoms with van der Waals surface area (Å²) in [6.45, 7) is 15.1. The number of aryl methyl sites for hydroxylation is 1. The lowest BCUT2D eigenvalue weighted by Gasteiger charge is -2.35. The van der Waals surface area contributed by atoms with Gasteiger partial charge in [0.2, 0.25) is 17.7 Å². The van der Waals surface area contributed by atoms with E-state index in [0.717, 1.165) is 53.8 Å². The Hall–Kier alpha value is -3.31. The first-order chi connectivity index (χ1) is 22.5. The highest BCUT2D eigenvalue weighted by molar-refractivity contribution is 7.13. The van der Waals surface area contributed by atoms with Gasteiger partial charge < -0.3 is 25.4 Å². The number of ether oxygens (including phenoxy) is 1. The van der Waals surface area contributed by atoms with Gasteiger partial charge >= 0.3 is 5.97 Å². The predicted octanol–water partition coefficient (Wildman–Crippen LogP) is 6.25. The zero-order valence-corrected chi connectivity index (χ0v) is 30.9. The molecule has 10 nitrogen and oxygen atoms in total. The minimum Gasteiger partial charge on any atom is -0.460 e. The van der Waals surface area contributed by atoms with Gasteiger partial charge in [0.15, 0.2) is 0 Å². The Balaban J connectivity index is 1.50. The third-order valence-electron chi connectivity index (χ3n) is 8.51. The largest absolute Gasteiger partial charge is 0.460 e. The van der Waals surface area contributed by atoms with Gasteiger partial charge in [0, 0.05) is 25.8 Å². The Labute approximate surface area is 290 Å². The number of amides is 3. The number of likely N-dealkylation sites (tertiary alicyclic amines) is 1. The molecule has 3 rings (SSSR count). The first-order valence-corrected chi connectivity index (χ1v) is 18.1. The van der Waals surface area contributed by atoms with Gasteiger partial charge in [-0.1, -0.05) is 70.7 Å². The molecule has 4 atom stereocenters. The number of thiazole rings is 1. The molecule has 266 valence electrons. The van der Waals surface area contributed by atoms with Crippen LogP contribution >= 0.6 is 11.3 Å². The Kier molecular flexibility index (Phi) is 14.2. The zero-order valence-electron chi connectivity index (χ0n) is 30.1. The monoisotopic (exact) mass is 684 g/mol. The number of unbranched alkanes of at least 4 members (excludes halogenated alkanes) is 5. The average Bonchev–Trinajstić information content (AvgIpc) is 3.60. The van der Waals surface area contributed by atoms with Crippen molar-refractivity contribution in [3.8, 4) is 10.4 Å². The van der Waals surface area contributed by atoms with Crippen LogP contribution in [0.4, 0.5) is 0 Å². The summed E-state index contributed by atoms with van der Waals surface area (Å²) in [7, 11) is 0. The van der Waals surface area contributed by atoms with Gasteiger partial charge in [-0.15, -0.1) is 11.3 Å². The molecule has 0 bridgehead atoms. The molecule has 0 saturated carbocycles. The van der Waals surface area contributed by atoms with E-state index in [0.29, 0.717) is 19.3 Å². The quantitative estimate of drug-likeness (QED) is 0.149. The molecule has 1 saturated heterocycles. The van der Waals surface area contributed by atoms with Crippen LogP contribution in [0.15, 0.2) is 29.8 Å². The number of nitrogens with one attached hydrogen (secondary N) is 2. The normalized spacial score (nSPS) is 17.9. The second kappa shape index (κ2) is 17.4. The Bertz CT molecular complexity index is 1380. The van der Waals surface area contributed by atoms with Gasteiger partial charge in [-0.25, -0.2) is 4.98 Å². The van der Waals surface area contributed by atoms with Crippen LogP contribution in [0.3, 0.4) is 0 Å². The average molecular weight is 685 g/mol. The summed E-state index contributed by atoms with van der Waals surface area (Å²) in [6, 6.07) is 5.98. The SMILES string of the molecule is Cc1ncsc1-c1ccc([C@H](C)NC(=O)[C@@H]2C[C@@H](O)CN2C(=O)[C@@H](NC(=O)CCCCCCCCC(=O)OC(C)(C)C)C(C)(C)C)cc1. The zero-order chi connectivity index (χ0) is 35.6. The van der Waals surface area contributed by atoms with Gasteiger partial charge in [-0.3, -0.25) is 19.2 Å². The van der Waals surface area contributed by atoms with Crippen LogP contribution in [0.1, 0.15) is 124 Å². The van der Waals surface area contributed by atoms with Gasteiger partial charge in [0.25, 0.3) is 0 Å². The van der Waals surface area contributed by atoms with E-state index in [1.54, 1.807) is 11.3 Å². The van der Waals surface area contributed by atoms with Crippen LogP contribution in [0.2, 0.25) is 0 Å². The summed E-state index contributed by atoms with van der Waals surface area (Å²) >= 11 is 1.58. The molecular weight excluding hydrogens is 628 g/mol. The van der Waals surface area contributed by atoms with E-state index in [2.05, 4.69) is 15.6 Å². The number of hydrogen-bond acceptors (Lipinski definition) is 8. The highest BCUT2D eigenvalue weighted by Crippen LogP contribution is 2.29. The van der Waals surface area contributed by atoms with Crippen LogP contribution in [0.5, 0.6) is 0 Å². The Morgan fingerprint density at radius 2 is 1.56 bits per heavy atom. The highest BCUT2D eigenvalue weighted by Gasteiger charge is 2.44. The van der Waals surface area contributed by atoms with Crippen molar-refractivity contribution in [1.29, 1.82) is 0 Å². The molecular formula is C37H56N4O6S. The lowest BCUT2D eigenvalue weighted by molar-refractivity contribution is -0.155. The number of aromatic nitrogens is 1. The molecule has 2 heterocycles. The molecule has 1 aromatic carbocycles. The molecule has 2 aromatic rings. The molecule has 0 aliphatic carbocycles. The first kappa shape index (κ1) is 39.1. The molecule has 0 unspecified atom stereocenters. The van der Waals surface area contributed by atoms with Crippen molar-refractivity contribution < 1.29 is 29.0 Å². The molecule has 3 N–H and O–H groups in total. The minimum absolute atomic E-state index is 0.0323. The third kappa shape index (κ3) is 12.0. The van der Waals surface area contributed by atoms with Crippen molar-refractivity contribution >= 4 is 35.0 Å². The summed E-state index contributed by atoms with van der Waals surface area (Å²) in [5, 5.41) is 16.5. The number of carbonyl (C=O) groups excluding carboxylic acids is 4. The third-order valence-corrected chi connectivity index (χ3v) is 9.49. The van der Waals surface area contributed by atoms with Gasteiger partial charge in [0.1, 0.15) is 17.7 Å². The number of nitrogens with zero attached hydrogens (tertiary/aromatic N) is 2. The molecule has 0 spiro atoms. The molecule has 48 heavy (non-hydrogen) atoms. The summed E-state index contributed by atoms with van der Waals surface area (Å²) in [4.78, 5) is 59.1. The number of esters is 1. The summed E-state index contributed by atoms with van der Waals surface area (Å²) in [6.07, 6.45) is 5.24. The van der Waals surface area contributed by atoms with Gasteiger partial charge in [-0.2, -0.15) is 0 Å². The van der Waals surface area contributed by atoms with Crippen molar-refractivity contribution in [2.24, 2.45) is 5.41 Å². The van der Waals surface area contributed by atoms with Gasteiger partial charge in [0.05, 0.1) is 28.2 Å². The number of carbonyl (C=O) groups is 4. The van der Waals surface area contributed by atoms with E-state index < -0.39 is 29.2 Å². The molecule has 1 aliphatic rings. The Morgan fingerprint density at radius 3 is 2.12 bits per heavy atom. The van der Waals surface area contributed by atoms with E-state index in [-0.39, 0.29) is 42.7 Å². The molecule has 1 aromatic heterocycles. The Morgan fingerprint density at radius 1 is 0.958 bits per heavy atom. The van der Waals surface area contributed by atoms with Crippen LogP contribution in [0, 0.1) is 12.3 Å². The maximum Gasteiger partial charge on any atom is 0.306 e. The fourth-order valence-electron chi connectivity index (χ4n) is 5.90.